The highest BCUT2D eigenvalue weighted by Crippen LogP contribution is 2.28. The van der Waals surface area contributed by atoms with Crippen LogP contribution in [0.2, 0.25) is 0 Å². The van der Waals surface area contributed by atoms with Gasteiger partial charge in [-0.2, -0.15) is 0 Å². The predicted octanol–water partition coefficient (Wildman–Crippen LogP) is 5.75. The van der Waals surface area contributed by atoms with Gasteiger partial charge in [-0.1, -0.05) is 29.8 Å². The molecular weight excluding hydrogens is 362 g/mol. The van der Waals surface area contributed by atoms with Gasteiger partial charge in [-0.3, -0.25) is 0 Å². The second-order valence-electron chi connectivity index (χ2n) is 6.96. The van der Waals surface area contributed by atoms with Gasteiger partial charge in [0, 0.05) is 10.9 Å². The lowest BCUT2D eigenvalue weighted by molar-refractivity contribution is 0.0735. The summed E-state index contributed by atoms with van der Waals surface area (Å²) in [7, 11) is 1.63. The smallest absolute Gasteiger partial charge is 0.344 e. The molecule has 144 valence electrons. The van der Waals surface area contributed by atoms with Gasteiger partial charge in [0.05, 0.1) is 23.9 Å². The number of fused-ring (bicyclic) bond motifs is 1. The van der Waals surface area contributed by atoms with E-state index in [4.69, 9.17) is 14.5 Å². The van der Waals surface area contributed by atoms with Gasteiger partial charge in [-0.25, -0.2) is 9.78 Å². The number of rotatable bonds is 4. The maximum atomic E-state index is 13.1. The zero-order valence-corrected chi connectivity index (χ0v) is 16.6. The maximum absolute atomic E-state index is 13.1. The van der Waals surface area contributed by atoms with E-state index in [0.717, 1.165) is 33.3 Å². The number of para-hydroxylation sites is 1. The summed E-state index contributed by atoms with van der Waals surface area (Å²) in [6.45, 7) is 3.91. The molecular formula is C25H21NO3. The quantitative estimate of drug-likeness (QED) is 0.333. The Morgan fingerprint density at radius 3 is 2.38 bits per heavy atom. The Bertz CT molecular complexity index is 1200. The molecule has 0 saturated heterocycles. The van der Waals surface area contributed by atoms with Crippen LogP contribution in [-0.2, 0) is 0 Å². The number of aryl methyl sites for hydroxylation is 2. The lowest BCUT2D eigenvalue weighted by Gasteiger charge is -2.12. The summed E-state index contributed by atoms with van der Waals surface area (Å²) < 4.78 is 11.0. The molecule has 0 saturated carbocycles. The number of benzene rings is 3. The Morgan fingerprint density at radius 1 is 0.897 bits per heavy atom. The van der Waals surface area contributed by atoms with Gasteiger partial charge < -0.3 is 9.47 Å². The third-order valence-corrected chi connectivity index (χ3v) is 4.87. The zero-order valence-electron chi connectivity index (χ0n) is 16.6. The fourth-order valence-electron chi connectivity index (χ4n) is 3.24. The second-order valence-corrected chi connectivity index (χ2v) is 6.96. The third-order valence-electron chi connectivity index (χ3n) is 4.87. The molecule has 0 unspecified atom stereocenters. The highest BCUT2D eigenvalue weighted by Gasteiger charge is 2.17. The third kappa shape index (κ3) is 3.83. The SMILES string of the molecule is COc1ccc(-c2cc(C(=O)Oc3ccccc3C)c3cc(C)ccc3n2)cc1. The monoisotopic (exact) mass is 383 g/mol. The molecule has 1 aromatic heterocycles. The summed E-state index contributed by atoms with van der Waals surface area (Å²) in [5.41, 5.74) is 4.82. The second kappa shape index (κ2) is 7.76. The predicted molar refractivity (Wildman–Crippen MR) is 115 cm³/mol. The molecule has 0 aliphatic carbocycles. The van der Waals surface area contributed by atoms with E-state index in [9.17, 15) is 4.79 Å². The first-order valence-corrected chi connectivity index (χ1v) is 9.39. The van der Waals surface area contributed by atoms with Crippen LogP contribution in [-0.4, -0.2) is 18.1 Å². The molecule has 0 aliphatic rings. The van der Waals surface area contributed by atoms with Crippen molar-refractivity contribution in [1.29, 1.82) is 0 Å². The highest BCUT2D eigenvalue weighted by molar-refractivity contribution is 6.05. The molecule has 3 aromatic carbocycles. The molecule has 4 nitrogen and oxygen atoms in total. The summed E-state index contributed by atoms with van der Waals surface area (Å²) >= 11 is 0. The fourth-order valence-corrected chi connectivity index (χ4v) is 3.24. The largest absolute Gasteiger partial charge is 0.497 e. The van der Waals surface area contributed by atoms with E-state index in [1.54, 1.807) is 19.2 Å². The molecule has 0 N–H and O–H groups in total. The number of pyridine rings is 1. The van der Waals surface area contributed by atoms with Crippen LogP contribution in [0.25, 0.3) is 22.2 Å². The van der Waals surface area contributed by atoms with Gasteiger partial charge in [-0.05, 0) is 67.9 Å². The van der Waals surface area contributed by atoms with Crippen molar-refractivity contribution < 1.29 is 14.3 Å². The Kier molecular flexibility index (Phi) is 5.00. The van der Waals surface area contributed by atoms with Crippen molar-refractivity contribution in [1.82, 2.24) is 4.98 Å². The van der Waals surface area contributed by atoms with Crippen LogP contribution in [0.5, 0.6) is 11.5 Å². The molecule has 4 heteroatoms. The van der Waals surface area contributed by atoms with E-state index in [1.807, 2.05) is 74.5 Å². The molecule has 4 rings (SSSR count). The summed E-state index contributed by atoms with van der Waals surface area (Å²) in [5, 5.41) is 0.779. The van der Waals surface area contributed by atoms with Crippen LogP contribution in [0, 0.1) is 13.8 Å². The van der Waals surface area contributed by atoms with Crippen LogP contribution < -0.4 is 9.47 Å². The van der Waals surface area contributed by atoms with Gasteiger partial charge in [-0.15, -0.1) is 0 Å². The summed E-state index contributed by atoms with van der Waals surface area (Å²) in [4.78, 5) is 17.9. The molecule has 0 aliphatic heterocycles. The van der Waals surface area contributed by atoms with Crippen molar-refractivity contribution in [3.8, 4) is 22.8 Å². The molecule has 0 spiro atoms. The minimum absolute atomic E-state index is 0.396. The standard InChI is InChI=1S/C25H21NO3/c1-16-8-13-22-20(14-16)21(25(27)29-24-7-5-4-6-17(24)2)15-23(26-22)18-9-11-19(28-3)12-10-18/h4-15H,1-3H3. The van der Waals surface area contributed by atoms with Crippen LogP contribution in [0.3, 0.4) is 0 Å². The fraction of sp³-hybridized carbons (Fsp3) is 0.120. The van der Waals surface area contributed by atoms with Gasteiger partial charge in [0.25, 0.3) is 0 Å². The van der Waals surface area contributed by atoms with Crippen molar-refractivity contribution in [3.63, 3.8) is 0 Å². The Balaban J connectivity index is 1.83. The topological polar surface area (TPSA) is 48.4 Å². The number of nitrogens with zero attached hydrogens (tertiary/aromatic N) is 1. The Morgan fingerprint density at radius 2 is 1.66 bits per heavy atom. The number of carbonyl (C=O) groups is 1. The maximum Gasteiger partial charge on any atom is 0.344 e. The molecule has 29 heavy (non-hydrogen) atoms. The molecule has 0 fully saturated rings. The Hall–Kier alpha value is -3.66. The average molecular weight is 383 g/mol. The number of methoxy groups -OCH3 is 1. The Labute approximate surface area is 169 Å². The summed E-state index contributed by atoms with van der Waals surface area (Å²) in [6.07, 6.45) is 0. The molecule has 0 amide bonds. The van der Waals surface area contributed by atoms with E-state index in [2.05, 4.69) is 0 Å². The van der Waals surface area contributed by atoms with E-state index < -0.39 is 5.97 Å². The molecule has 0 atom stereocenters. The molecule has 4 aromatic rings. The first-order chi connectivity index (χ1) is 14.0. The van der Waals surface area contributed by atoms with Crippen molar-refractivity contribution in [2.45, 2.75) is 13.8 Å². The lowest BCUT2D eigenvalue weighted by atomic mass is 10.0. The zero-order chi connectivity index (χ0) is 20.4. The van der Waals surface area contributed by atoms with Crippen molar-refractivity contribution in [3.05, 3.63) is 89.5 Å². The number of carbonyl (C=O) groups excluding carboxylic acids is 1. The number of aromatic nitrogens is 1. The summed E-state index contributed by atoms with van der Waals surface area (Å²) in [6, 6.07) is 22.8. The van der Waals surface area contributed by atoms with Gasteiger partial charge in [0.15, 0.2) is 0 Å². The molecule has 0 bridgehead atoms. The van der Waals surface area contributed by atoms with Gasteiger partial charge in [0.2, 0.25) is 0 Å². The minimum atomic E-state index is -0.396. The average Bonchev–Trinajstić information content (AvgIpc) is 2.74. The van der Waals surface area contributed by atoms with Crippen molar-refractivity contribution in [2.24, 2.45) is 0 Å². The van der Waals surface area contributed by atoms with E-state index in [0.29, 0.717) is 17.0 Å². The van der Waals surface area contributed by atoms with Gasteiger partial charge >= 0.3 is 5.97 Å². The van der Waals surface area contributed by atoms with E-state index >= 15 is 0 Å². The molecule has 1 heterocycles. The normalized spacial score (nSPS) is 10.7. The van der Waals surface area contributed by atoms with E-state index in [1.165, 1.54) is 0 Å². The number of hydrogen-bond acceptors (Lipinski definition) is 4. The van der Waals surface area contributed by atoms with E-state index in [-0.39, 0.29) is 0 Å². The highest BCUT2D eigenvalue weighted by atomic mass is 16.5. The van der Waals surface area contributed by atoms with Crippen molar-refractivity contribution in [2.75, 3.05) is 7.11 Å². The van der Waals surface area contributed by atoms with Crippen LogP contribution >= 0.6 is 0 Å². The molecule has 0 radical (unpaired) electrons. The number of hydrogen-bond donors (Lipinski definition) is 0. The first kappa shape index (κ1) is 18.7. The van der Waals surface area contributed by atoms with Crippen LogP contribution in [0.15, 0.2) is 72.8 Å². The van der Waals surface area contributed by atoms with Gasteiger partial charge in [0.1, 0.15) is 11.5 Å². The van der Waals surface area contributed by atoms with Crippen LogP contribution in [0.4, 0.5) is 0 Å². The lowest BCUT2D eigenvalue weighted by Crippen LogP contribution is -2.11. The first-order valence-electron chi connectivity index (χ1n) is 9.39. The minimum Gasteiger partial charge on any atom is -0.497 e. The number of esters is 1. The van der Waals surface area contributed by atoms with Crippen molar-refractivity contribution >= 4 is 16.9 Å². The number of ether oxygens (including phenoxy) is 2. The van der Waals surface area contributed by atoms with Crippen LogP contribution in [0.1, 0.15) is 21.5 Å². The summed E-state index contributed by atoms with van der Waals surface area (Å²) in [5.74, 6) is 0.928.